The molecule has 0 atom stereocenters. The zero-order valence-electron chi connectivity index (χ0n) is 18.0. The van der Waals surface area contributed by atoms with Gasteiger partial charge in [0.25, 0.3) is 0 Å². The van der Waals surface area contributed by atoms with Crippen LogP contribution in [0.1, 0.15) is 0 Å². The molecule has 0 unspecified atom stereocenters. The van der Waals surface area contributed by atoms with Crippen molar-refractivity contribution in [3.63, 3.8) is 0 Å². The normalized spacial score (nSPS) is 11.2. The van der Waals surface area contributed by atoms with Crippen molar-refractivity contribution in [1.29, 1.82) is 0 Å². The van der Waals surface area contributed by atoms with E-state index in [0.717, 1.165) is 21.7 Å². The van der Waals surface area contributed by atoms with E-state index in [1.807, 2.05) is 12.1 Å². The molecule has 0 amide bonds. The molecule has 0 heterocycles. The minimum Gasteiger partial charge on any atom is -0.0836 e. The Morgan fingerprint density at radius 3 is 1.76 bits per heavy atom. The molecule has 6 aromatic rings. The molecule has 0 aliphatic rings. The van der Waals surface area contributed by atoms with Crippen LogP contribution in [-0.4, -0.2) is 0 Å². The largest absolute Gasteiger partial charge is 0.0836 e. The fourth-order valence-corrected chi connectivity index (χ4v) is 5.15. The fourth-order valence-electron chi connectivity index (χ4n) is 4.87. The molecule has 0 aromatic heterocycles. The van der Waals surface area contributed by atoms with Crippen LogP contribution in [0.25, 0.3) is 54.9 Å². The van der Waals surface area contributed by atoms with Crippen molar-refractivity contribution in [2.75, 3.05) is 0 Å². The second-order valence-electron chi connectivity index (χ2n) is 8.26. The molecule has 0 N–H and O–H groups in total. The Kier molecular flexibility index (Phi) is 4.94. The first kappa shape index (κ1) is 19.8. The molecule has 0 radical (unpaired) electrons. The summed E-state index contributed by atoms with van der Waals surface area (Å²) in [6.45, 7) is 0. The first-order valence-corrected chi connectivity index (χ1v) is 11.5. The lowest BCUT2D eigenvalue weighted by Crippen LogP contribution is -1.91. The summed E-state index contributed by atoms with van der Waals surface area (Å²) in [6, 6.07) is 44.9. The predicted molar refractivity (Wildman–Crippen MR) is 143 cm³/mol. The highest BCUT2D eigenvalue weighted by molar-refractivity contribution is 6.35. The van der Waals surface area contributed by atoms with Gasteiger partial charge in [0.05, 0.1) is 0 Å². The monoisotopic (exact) mass is 440 g/mol. The van der Waals surface area contributed by atoms with Gasteiger partial charge in [-0.1, -0.05) is 133 Å². The molecule has 0 spiro atoms. The quantitative estimate of drug-likeness (QED) is 0.257. The van der Waals surface area contributed by atoms with Crippen molar-refractivity contribution in [3.8, 4) is 33.4 Å². The van der Waals surface area contributed by atoms with Crippen LogP contribution in [0, 0.1) is 0 Å². The van der Waals surface area contributed by atoms with Crippen molar-refractivity contribution < 1.29 is 0 Å². The first-order valence-electron chi connectivity index (χ1n) is 11.2. The SMILES string of the molecule is Clc1cccc(-c2cccc3ccccc23)c1-c1ccc(-c2ccccc2)c2ccccc12. The highest BCUT2D eigenvalue weighted by Crippen LogP contribution is 2.44. The lowest BCUT2D eigenvalue weighted by Gasteiger charge is -2.17. The standard InChI is InChI=1S/C32H21Cl/c33-31-19-9-18-29(27-17-8-13-23-12-4-5-14-24(23)27)32(31)30-21-20-25(22-10-2-1-3-11-22)26-15-6-7-16-28(26)30/h1-21H. The second kappa shape index (κ2) is 8.24. The number of hydrogen-bond donors (Lipinski definition) is 0. The van der Waals surface area contributed by atoms with Gasteiger partial charge in [0, 0.05) is 10.6 Å². The first-order chi connectivity index (χ1) is 16.3. The Balaban J connectivity index is 1.66. The highest BCUT2D eigenvalue weighted by Gasteiger charge is 2.17. The van der Waals surface area contributed by atoms with E-state index < -0.39 is 0 Å². The van der Waals surface area contributed by atoms with Crippen LogP contribution < -0.4 is 0 Å². The van der Waals surface area contributed by atoms with Crippen molar-refractivity contribution >= 4 is 33.1 Å². The van der Waals surface area contributed by atoms with E-state index in [0.29, 0.717) is 0 Å². The molecule has 6 rings (SSSR count). The molecule has 6 aromatic carbocycles. The summed E-state index contributed by atoms with van der Waals surface area (Å²) in [4.78, 5) is 0. The molecule has 33 heavy (non-hydrogen) atoms. The summed E-state index contributed by atoms with van der Waals surface area (Å²) in [7, 11) is 0. The molecule has 0 aliphatic heterocycles. The van der Waals surface area contributed by atoms with Gasteiger partial charge >= 0.3 is 0 Å². The van der Waals surface area contributed by atoms with Crippen LogP contribution in [0.4, 0.5) is 0 Å². The molecule has 0 nitrogen and oxygen atoms in total. The third-order valence-corrected chi connectivity index (χ3v) is 6.69. The Hall–Kier alpha value is -3.87. The third-order valence-electron chi connectivity index (χ3n) is 6.37. The Bertz CT molecular complexity index is 1610. The fraction of sp³-hybridized carbons (Fsp3) is 0. The third kappa shape index (κ3) is 3.40. The molecule has 156 valence electrons. The van der Waals surface area contributed by atoms with Gasteiger partial charge in [-0.2, -0.15) is 0 Å². The minimum absolute atomic E-state index is 0.762. The molecule has 0 aliphatic carbocycles. The van der Waals surface area contributed by atoms with Crippen LogP contribution in [0.2, 0.25) is 5.02 Å². The smallest absolute Gasteiger partial charge is 0.0490 e. The maximum absolute atomic E-state index is 6.92. The van der Waals surface area contributed by atoms with Crippen molar-refractivity contribution in [2.24, 2.45) is 0 Å². The van der Waals surface area contributed by atoms with Crippen molar-refractivity contribution in [2.45, 2.75) is 0 Å². The predicted octanol–water partition coefficient (Wildman–Crippen LogP) is 9.65. The van der Waals surface area contributed by atoms with Gasteiger partial charge < -0.3 is 0 Å². The number of rotatable bonds is 3. The molecule has 0 saturated carbocycles. The van der Waals surface area contributed by atoms with Gasteiger partial charge in [0.2, 0.25) is 0 Å². The number of fused-ring (bicyclic) bond motifs is 2. The van der Waals surface area contributed by atoms with Gasteiger partial charge in [-0.3, -0.25) is 0 Å². The topological polar surface area (TPSA) is 0 Å². The summed E-state index contributed by atoms with van der Waals surface area (Å²) < 4.78 is 0. The maximum Gasteiger partial charge on any atom is 0.0490 e. The molecular formula is C32H21Cl. The Morgan fingerprint density at radius 1 is 0.364 bits per heavy atom. The molecular weight excluding hydrogens is 420 g/mol. The maximum atomic E-state index is 6.92. The molecule has 1 heteroatoms. The van der Waals surface area contributed by atoms with Crippen LogP contribution in [-0.2, 0) is 0 Å². The second-order valence-corrected chi connectivity index (χ2v) is 8.67. The van der Waals surface area contributed by atoms with E-state index in [1.165, 1.54) is 38.2 Å². The molecule has 0 bridgehead atoms. The lowest BCUT2D eigenvalue weighted by atomic mass is 9.87. The van der Waals surface area contributed by atoms with Crippen molar-refractivity contribution in [3.05, 3.63) is 132 Å². The summed E-state index contributed by atoms with van der Waals surface area (Å²) in [5, 5.41) is 5.65. The number of hydrogen-bond acceptors (Lipinski definition) is 0. The van der Waals surface area contributed by atoms with Gasteiger partial charge in [-0.25, -0.2) is 0 Å². The number of halogens is 1. The van der Waals surface area contributed by atoms with E-state index in [4.69, 9.17) is 11.6 Å². The molecule has 0 saturated heterocycles. The lowest BCUT2D eigenvalue weighted by molar-refractivity contribution is 1.61. The van der Waals surface area contributed by atoms with Crippen molar-refractivity contribution in [1.82, 2.24) is 0 Å². The van der Waals surface area contributed by atoms with Crippen LogP contribution in [0.5, 0.6) is 0 Å². The van der Waals surface area contributed by atoms with E-state index in [2.05, 4.69) is 115 Å². The summed E-state index contributed by atoms with van der Waals surface area (Å²) in [5.74, 6) is 0. The van der Waals surface area contributed by atoms with Crippen LogP contribution in [0.15, 0.2) is 127 Å². The zero-order valence-corrected chi connectivity index (χ0v) is 18.8. The Labute approximate surface area is 198 Å². The summed E-state index contributed by atoms with van der Waals surface area (Å²) >= 11 is 6.92. The molecule has 0 fully saturated rings. The minimum atomic E-state index is 0.762. The Morgan fingerprint density at radius 2 is 0.939 bits per heavy atom. The van der Waals surface area contributed by atoms with E-state index in [9.17, 15) is 0 Å². The van der Waals surface area contributed by atoms with Gasteiger partial charge in [0.15, 0.2) is 0 Å². The van der Waals surface area contributed by atoms with E-state index >= 15 is 0 Å². The van der Waals surface area contributed by atoms with Gasteiger partial charge in [-0.15, -0.1) is 0 Å². The zero-order chi connectivity index (χ0) is 22.2. The average molecular weight is 441 g/mol. The van der Waals surface area contributed by atoms with Crippen LogP contribution >= 0.6 is 11.6 Å². The number of benzene rings is 6. The van der Waals surface area contributed by atoms with Gasteiger partial charge in [-0.05, 0) is 55.4 Å². The average Bonchev–Trinajstić information content (AvgIpc) is 2.88. The van der Waals surface area contributed by atoms with Crippen LogP contribution in [0.3, 0.4) is 0 Å². The summed E-state index contributed by atoms with van der Waals surface area (Å²) in [6.07, 6.45) is 0. The summed E-state index contributed by atoms with van der Waals surface area (Å²) in [5.41, 5.74) is 7.02. The van der Waals surface area contributed by atoms with E-state index in [1.54, 1.807) is 0 Å². The highest BCUT2D eigenvalue weighted by atomic mass is 35.5. The van der Waals surface area contributed by atoms with Gasteiger partial charge in [0.1, 0.15) is 0 Å². The van der Waals surface area contributed by atoms with E-state index in [-0.39, 0.29) is 0 Å².